The van der Waals surface area contributed by atoms with Gasteiger partial charge in [-0.3, -0.25) is 4.79 Å². The third-order valence-corrected chi connectivity index (χ3v) is 3.02. The lowest BCUT2D eigenvalue weighted by Gasteiger charge is -2.07. The molecule has 2 rings (SSSR count). The van der Waals surface area contributed by atoms with Crippen LogP contribution in [0.25, 0.3) is 0 Å². The SMILES string of the molecule is CCOC(=O)C1Cc2cc(N)cc(C#N)c2C1. The Morgan fingerprint density at radius 2 is 2.35 bits per heavy atom. The summed E-state index contributed by atoms with van der Waals surface area (Å²) in [5.41, 5.74) is 8.81. The molecule has 88 valence electrons. The Morgan fingerprint density at radius 1 is 1.59 bits per heavy atom. The molecule has 1 aromatic carbocycles. The first-order valence-corrected chi connectivity index (χ1v) is 5.63. The van der Waals surface area contributed by atoms with Gasteiger partial charge in [0, 0.05) is 5.69 Å². The van der Waals surface area contributed by atoms with E-state index >= 15 is 0 Å². The van der Waals surface area contributed by atoms with E-state index in [-0.39, 0.29) is 11.9 Å². The van der Waals surface area contributed by atoms with Crippen LogP contribution in [-0.2, 0) is 22.4 Å². The lowest BCUT2D eigenvalue weighted by molar-refractivity contribution is -0.147. The fourth-order valence-corrected chi connectivity index (χ4v) is 2.29. The van der Waals surface area contributed by atoms with Gasteiger partial charge in [-0.15, -0.1) is 0 Å². The molecule has 4 nitrogen and oxygen atoms in total. The van der Waals surface area contributed by atoms with Gasteiger partial charge in [0.05, 0.1) is 24.2 Å². The van der Waals surface area contributed by atoms with Gasteiger partial charge in [0.2, 0.25) is 0 Å². The molecule has 1 aliphatic rings. The molecule has 0 radical (unpaired) electrons. The van der Waals surface area contributed by atoms with Crippen LogP contribution in [0.4, 0.5) is 5.69 Å². The fourth-order valence-electron chi connectivity index (χ4n) is 2.29. The molecule has 4 heteroatoms. The van der Waals surface area contributed by atoms with Crippen molar-refractivity contribution in [1.82, 2.24) is 0 Å². The van der Waals surface area contributed by atoms with Crippen molar-refractivity contribution in [3.05, 3.63) is 28.8 Å². The van der Waals surface area contributed by atoms with Gasteiger partial charge in [-0.2, -0.15) is 5.26 Å². The van der Waals surface area contributed by atoms with Gasteiger partial charge in [-0.1, -0.05) is 0 Å². The van der Waals surface area contributed by atoms with Crippen LogP contribution in [0.3, 0.4) is 0 Å². The van der Waals surface area contributed by atoms with Crippen LogP contribution in [0.2, 0.25) is 0 Å². The molecular weight excluding hydrogens is 216 g/mol. The summed E-state index contributed by atoms with van der Waals surface area (Å²) < 4.78 is 5.01. The van der Waals surface area contributed by atoms with Crippen molar-refractivity contribution in [3.8, 4) is 6.07 Å². The van der Waals surface area contributed by atoms with E-state index in [9.17, 15) is 4.79 Å². The summed E-state index contributed by atoms with van der Waals surface area (Å²) in [6.45, 7) is 2.18. The second-order valence-electron chi connectivity index (χ2n) is 4.18. The molecule has 0 aliphatic heterocycles. The number of nitrogens with zero attached hydrogens (tertiary/aromatic N) is 1. The van der Waals surface area contributed by atoms with Gasteiger partial charge in [-0.05, 0) is 43.0 Å². The van der Waals surface area contributed by atoms with E-state index in [0.717, 1.165) is 11.1 Å². The molecule has 1 aromatic rings. The Labute approximate surface area is 100.0 Å². The highest BCUT2D eigenvalue weighted by molar-refractivity contribution is 5.75. The lowest BCUT2D eigenvalue weighted by Crippen LogP contribution is -2.17. The maximum absolute atomic E-state index is 11.7. The summed E-state index contributed by atoms with van der Waals surface area (Å²) in [5, 5.41) is 9.03. The van der Waals surface area contributed by atoms with Crippen LogP contribution >= 0.6 is 0 Å². The van der Waals surface area contributed by atoms with E-state index in [1.54, 1.807) is 13.0 Å². The normalized spacial score (nSPS) is 17.3. The number of ether oxygens (including phenoxy) is 1. The summed E-state index contributed by atoms with van der Waals surface area (Å²) in [5.74, 6) is -0.356. The molecule has 2 N–H and O–H groups in total. The maximum Gasteiger partial charge on any atom is 0.309 e. The Hall–Kier alpha value is -2.02. The number of esters is 1. The minimum Gasteiger partial charge on any atom is -0.466 e. The van der Waals surface area contributed by atoms with E-state index in [2.05, 4.69) is 6.07 Å². The largest absolute Gasteiger partial charge is 0.466 e. The number of carbonyl (C=O) groups excluding carboxylic acids is 1. The number of nitriles is 1. The highest BCUT2D eigenvalue weighted by Crippen LogP contribution is 2.31. The minimum absolute atomic E-state index is 0.168. The molecular formula is C13H14N2O2. The number of nitrogens with two attached hydrogens (primary N) is 1. The van der Waals surface area contributed by atoms with Crippen LogP contribution < -0.4 is 5.73 Å². The number of benzene rings is 1. The first-order valence-electron chi connectivity index (χ1n) is 5.63. The molecule has 1 unspecified atom stereocenters. The second-order valence-corrected chi connectivity index (χ2v) is 4.18. The first kappa shape index (κ1) is 11.5. The van der Waals surface area contributed by atoms with Crippen molar-refractivity contribution in [3.63, 3.8) is 0 Å². The lowest BCUT2D eigenvalue weighted by atomic mass is 10.0. The topological polar surface area (TPSA) is 76.1 Å². The van der Waals surface area contributed by atoms with E-state index in [1.807, 2.05) is 6.07 Å². The molecule has 0 heterocycles. The summed E-state index contributed by atoms with van der Waals surface area (Å²) in [7, 11) is 0. The smallest absolute Gasteiger partial charge is 0.309 e. The van der Waals surface area contributed by atoms with Gasteiger partial charge in [0.15, 0.2) is 0 Å². The zero-order valence-electron chi connectivity index (χ0n) is 9.69. The first-order chi connectivity index (χ1) is 8.15. The minimum atomic E-state index is -0.189. The number of hydrogen-bond donors (Lipinski definition) is 1. The standard InChI is InChI=1S/C13H14N2O2/c1-2-17-13(16)9-3-8-4-11(15)5-10(7-14)12(8)6-9/h4-5,9H,2-3,6,15H2,1H3. The van der Waals surface area contributed by atoms with E-state index in [0.29, 0.717) is 30.7 Å². The number of hydrogen-bond acceptors (Lipinski definition) is 4. The quantitative estimate of drug-likeness (QED) is 0.615. The zero-order valence-corrected chi connectivity index (χ0v) is 9.69. The molecule has 0 fully saturated rings. The van der Waals surface area contributed by atoms with E-state index < -0.39 is 0 Å². The number of rotatable bonds is 2. The molecule has 1 aliphatic carbocycles. The average Bonchev–Trinajstić information content (AvgIpc) is 2.71. The van der Waals surface area contributed by atoms with Gasteiger partial charge >= 0.3 is 5.97 Å². The summed E-state index contributed by atoms with van der Waals surface area (Å²) in [4.78, 5) is 11.7. The van der Waals surface area contributed by atoms with Crippen molar-refractivity contribution < 1.29 is 9.53 Å². The fraction of sp³-hybridized carbons (Fsp3) is 0.385. The Balaban J connectivity index is 2.28. The molecule has 0 amide bonds. The van der Waals surface area contributed by atoms with Crippen molar-refractivity contribution in [2.24, 2.45) is 5.92 Å². The van der Waals surface area contributed by atoms with Gasteiger partial charge in [0.25, 0.3) is 0 Å². The third-order valence-electron chi connectivity index (χ3n) is 3.02. The summed E-state index contributed by atoms with van der Waals surface area (Å²) >= 11 is 0. The number of anilines is 1. The van der Waals surface area contributed by atoms with Gasteiger partial charge in [0.1, 0.15) is 0 Å². The predicted molar refractivity (Wildman–Crippen MR) is 63.1 cm³/mol. The van der Waals surface area contributed by atoms with Crippen molar-refractivity contribution in [1.29, 1.82) is 5.26 Å². The molecule has 17 heavy (non-hydrogen) atoms. The highest BCUT2D eigenvalue weighted by atomic mass is 16.5. The van der Waals surface area contributed by atoms with Crippen LogP contribution in [-0.4, -0.2) is 12.6 Å². The second kappa shape index (κ2) is 4.46. The van der Waals surface area contributed by atoms with Gasteiger partial charge < -0.3 is 10.5 Å². The van der Waals surface area contributed by atoms with Crippen LogP contribution in [0.5, 0.6) is 0 Å². The maximum atomic E-state index is 11.7. The number of fused-ring (bicyclic) bond motifs is 1. The van der Waals surface area contributed by atoms with E-state index in [4.69, 9.17) is 15.7 Å². The van der Waals surface area contributed by atoms with Crippen molar-refractivity contribution in [2.75, 3.05) is 12.3 Å². The number of nitrogen functional groups attached to an aromatic ring is 1. The summed E-state index contributed by atoms with van der Waals surface area (Å²) in [6, 6.07) is 5.63. The Kier molecular flexibility index (Phi) is 3.01. The number of carbonyl (C=O) groups is 1. The molecule has 0 saturated heterocycles. The van der Waals surface area contributed by atoms with Gasteiger partial charge in [-0.25, -0.2) is 0 Å². The van der Waals surface area contributed by atoms with Crippen molar-refractivity contribution >= 4 is 11.7 Å². The van der Waals surface area contributed by atoms with Crippen LogP contribution in [0.15, 0.2) is 12.1 Å². The molecule has 0 saturated carbocycles. The van der Waals surface area contributed by atoms with Crippen LogP contribution in [0, 0.1) is 17.2 Å². The summed E-state index contributed by atoms with van der Waals surface area (Å²) in [6.07, 6.45) is 1.20. The molecule has 0 aromatic heterocycles. The Morgan fingerprint density at radius 3 is 3.00 bits per heavy atom. The third kappa shape index (κ3) is 2.09. The average molecular weight is 230 g/mol. The van der Waals surface area contributed by atoms with Crippen LogP contribution in [0.1, 0.15) is 23.6 Å². The molecule has 1 atom stereocenters. The van der Waals surface area contributed by atoms with Crippen molar-refractivity contribution in [2.45, 2.75) is 19.8 Å². The van der Waals surface area contributed by atoms with E-state index in [1.165, 1.54) is 0 Å². The zero-order chi connectivity index (χ0) is 12.4. The predicted octanol–water partition coefficient (Wildman–Crippen LogP) is 1.42. The molecule has 0 spiro atoms. The monoisotopic (exact) mass is 230 g/mol. The highest BCUT2D eigenvalue weighted by Gasteiger charge is 2.30. The Bertz CT molecular complexity index is 503. The molecule has 0 bridgehead atoms.